The minimum atomic E-state index is 0.531. The lowest BCUT2D eigenvalue weighted by molar-refractivity contribution is 0.442. The molecule has 5 nitrogen and oxygen atoms in total. The van der Waals surface area contributed by atoms with Crippen LogP contribution in [-0.4, -0.2) is 21.7 Å². The van der Waals surface area contributed by atoms with Gasteiger partial charge in [-0.05, 0) is 13.8 Å². The summed E-state index contributed by atoms with van der Waals surface area (Å²) in [4.78, 5) is 8.07. The molecule has 0 saturated carbocycles. The van der Waals surface area contributed by atoms with E-state index < -0.39 is 0 Å². The Morgan fingerprint density at radius 2 is 2.31 bits per heavy atom. The Balaban J connectivity index is 2.65. The van der Waals surface area contributed by atoms with Gasteiger partial charge in [0.1, 0.15) is 17.5 Å². The Morgan fingerprint density at radius 3 is 3.08 bits per heavy atom. The fourth-order valence-electron chi connectivity index (χ4n) is 1.22. The van der Waals surface area contributed by atoms with E-state index in [2.05, 4.69) is 20.4 Å². The molecule has 2 aromatic rings. The van der Waals surface area contributed by atoms with Gasteiger partial charge in [0, 0.05) is 6.54 Å². The highest BCUT2D eigenvalue weighted by atomic mass is 16.5. The van der Waals surface area contributed by atoms with Gasteiger partial charge in [-0.1, -0.05) is 5.16 Å². The fraction of sp³-hybridized carbons (Fsp3) is 0.375. The first-order valence-corrected chi connectivity index (χ1v) is 4.13. The Morgan fingerprint density at radius 1 is 1.46 bits per heavy atom. The Labute approximate surface area is 75.2 Å². The predicted octanol–water partition coefficient (Wildman–Crippen LogP) is 1.36. The van der Waals surface area contributed by atoms with E-state index in [0.29, 0.717) is 5.71 Å². The highest BCUT2D eigenvalue weighted by Gasteiger charge is 2.10. The SMILES string of the molecule is CCNc1ncnc2onc(C)c12. The van der Waals surface area contributed by atoms with E-state index in [-0.39, 0.29) is 0 Å². The molecule has 13 heavy (non-hydrogen) atoms. The molecule has 0 radical (unpaired) electrons. The molecule has 5 heteroatoms. The van der Waals surface area contributed by atoms with E-state index in [1.807, 2.05) is 13.8 Å². The van der Waals surface area contributed by atoms with Crippen LogP contribution >= 0.6 is 0 Å². The first-order chi connectivity index (χ1) is 6.33. The molecule has 2 aromatic heterocycles. The molecule has 2 heterocycles. The third-order valence-electron chi connectivity index (χ3n) is 1.79. The molecule has 0 aliphatic heterocycles. The zero-order valence-electron chi connectivity index (χ0n) is 7.53. The molecule has 0 unspecified atom stereocenters. The lowest BCUT2D eigenvalue weighted by Gasteiger charge is -2.00. The number of hydrogen-bond donors (Lipinski definition) is 1. The van der Waals surface area contributed by atoms with E-state index >= 15 is 0 Å². The summed E-state index contributed by atoms with van der Waals surface area (Å²) in [6, 6.07) is 0. The van der Waals surface area contributed by atoms with Crippen LogP contribution in [0.4, 0.5) is 5.82 Å². The maximum Gasteiger partial charge on any atom is 0.263 e. The molecule has 0 atom stereocenters. The summed E-state index contributed by atoms with van der Waals surface area (Å²) in [5.41, 5.74) is 1.34. The molecule has 0 aliphatic carbocycles. The average molecular weight is 178 g/mol. The topological polar surface area (TPSA) is 63.8 Å². The standard InChI is InChI=1S/C8H10N4O/c1-3-9-7-6-5(2)12-13-8(6)11-4-10-7/h4H,3H2,1-2H3,(H,9,10,11). The van der Waals surface area contributed by atoms with Gasteiger partial charge in [-0.3, -0.25) is 0 Å². The fourth-order valence-corrected chi connectivity index (χ4v) is 1.22. The number of aromatic nitrogens is 3. The van der Waals surface area contributed by atoms with Gasteiger partial charge in [-0.15, -0.1) is 0 Å². The Kier molecular flexibility index (Phi) is 1.84. The Hall–Kier alpha value is -1.65. The highest BCUT2D eigenvalue weighted by molar-refractivity contribution is 5.87. The smallest absolute Gasteiger partial charge is 0.263 e. The summed E-state index contributed by atoms with van der Waals surface area (Å²) in [6.07, 6.45) is 1.46. The van der Waals surface area contributed by atoms with Crippen LogP contribution < -0.4 is 5.32 Å². The molecule has 68 valence electrons. The van der Waals surface area contributed by atoms with Gasteiger partial charge in [-0.25, -0.2) is 4.98 Å². The van der Waals surface area contributed by atoms with Crippen molar-refractivity contribution < 1.29 is 4.52 Å². The first kappa shape index (κ1) is 7.97. The molecule has 1 N–H and O–H groups in total. The third kappa shape index (κ3) is 1.22. The largest absolute Gasteiger partial charge is 0.370 e. The predicted molar refractivity (Wildman–Crippen MR) is 48.5 cm³/mol. The van der Waals surface area contributed by atoms with Gasteiger partial charge in [0.05, 0.1) is 5.69 Å². The van der Waals surface area contributed by atoms with Crippen molar-refractivity contribution in [1.82, 2.24) is 15.1 Å². The number of rotatable bonds is 2. The van der Waals surface area contributed by atoms with Crippen LogP contribution in [0.1, 0.15) is 12.6 Å². The van der Waals surface area contributed by atoms with Crippen molar-refractivity contribution in [2.45, 2.75) is 13.8 Å². The van der Waals surface area contributed by atoms with Crippen molar-refractivity contribution in [3.63, 3.8) is 0 Å². The molecule has 0 spiro atoms. The van der Waals surface area contributed by atoms with E-state index in [9.17, 15) is 0 Å². The minimum absolute atomic E-state index is 0.531. The minimum Gasteiger partial charge on any atom is -0.370 e. The summed E-state index contributed by atoms with van der Waals surface area (Å²) >= 11 is 0. The van der Waals surface area contributed by atoms with Crippen molar-refractivity contribution in [2.24, 2.45) is 0 Å². The van der Waals surface area contributed by atoms with E-state index in [4.69, 9.17) is 4.52 Å². The second kappa shape index (κ2) is 3.01. The summed E-state index contributed by atoms with van der Waals surface area (Å²) in [5.74, 6) is 0.784. The monoisotopic (exact) mass is 178 g/mol. The highest BCUT2D eigenvalue weighted by Crippen LogP contribution is 2.21. The number of nitrogens with one attached hydrogen (secondary N) is 1. The quantitative estimate of drug-likeness (QED) is 0.752. The first-order valence-electron chi connectivity index (χ1n) is 4.13. The van der Waals surface area contributed by atoms with Gasteiger partial charge in [0.15, 0.2) is 0 Å². The zero-order chi connectivity index (χ0) is 9.26. The van der Waals surface area contributed by atoms with Gasteiger partial charge in [0.25, 0.3) is 5.71 Å². The lowest BCUT2D eigenvalue weighted by Crippen LogP contribution is -2.00. The number of anilines is 1. The molecular formula is C8H10N4O. The van der Waals surface area contributed by atoms with Crippen LogP contribution in [-0.2, 0) is 0 Å². The Bertz CT molecular complexity index is 423. The normalized spacial score (nSPS) is 10.6. The molecule has 2 rings (SSSR count). The number of fused-ring (bicyclic) bond motifs is 1. The molecular weight excluding hydrogens is 168 g/mol. The van der Waals surface area contributed by atoms with Crippen LogP contribution in [0.15, 0.2) is 10.9 Å². The van der Waals surface area contributed by atoms with Crippen LogP contribution in [0, 0.1) is 6.92 Å². The maximum atomic E-state index is 4.99. The van der Waals surface area contributed by atoms with Crippen LogP contribution in [0.3, 0.4) is 0 Å². The zero-order valence-corrected chi connectivity index (χ0v) is 7.53. The van der Waals surface area contributed by atoms with Gasteiger partial charge in [-0.2, -0.15) is 4.98 Å². The molecule has 0 aliphatic rings. The van der Waals surface area contributed by atoms with E-state index in [1.165, 1.54) is 6.33 Å². The van der Waals surface area contributed by atoms with Crippen molar-refractivity contribution >= 4 is 16.9 Å². The van der Waals surface area contributed by atoms with Gasteiger partial charge >= 0.3 is 0 Å². The second-order valence-electron chi connectivity index (χ2n) is 2.70. The van der Waals surface area contributed by atoms with Gasteiger partial charge in [0.2, 0.25) is 0 Å². The number of aryl methyl sites for hydroxylation is 1. The number of nitrogens with zero attached hydrogens (tertiary/aromatic N) is 3. The second-order valence-corrected chi connectivity index (χ2v) is 2.70. The third-order valence-corrected chi connectivity index (χ3v) is 1.79. The van der Waals surface area contributed by atoms with E-state index in [1.54, 1.807) is 0 Å². The van der Waals surface area contributed by atoms with Crippen LogP contribution in [0.5, 0.6) is 0 Å². The van der Waals surface area contributed by atoms with Crippen molar-refractivity contribution in [2.75, 3.05) is 11.9 Å². The van der Waals surface area contributed by atoms with Crippen molar-refractivity contribution in [1.29, 1.82) is 0 Å². The van der Waals surface area contributed by atoms with Crippen molar-refractivity contribution in [3.8, 4) is 0 Å². The molecule has 0 aromatic carbocycles. The average Bonchev–Trinajstić information content (AvgIpc) is 2.50. The maximum absolute atomic E-state index is 4.99. The van der Waals surface area contributed by atoms with Gasteiger partial charge < -0.3 is 9.84 Å². The molecule has 0 amide bonds. The summed E-state index contributed by atoms with van der Waals surface area (Å²) in [6.45, 7) is 4.70. The number of hydrogen-bond acceptors (Lipinski definition) is 5. The molecule has 0 fully saturated rings. The van der Waals surface area contributed by atoms with Crippen molar-refractivity contribution in [3.05, 3.63) is 12.0 Å². The summed E-state index contributed by atoms with van der Waals surface area (Å²) in [7, 11) is 0. The van der Waals surface area contributed by atoms with E-state index in [0.717, 1.165) is 23.4 Å². The molecule has 0 saturated heterocycles. The van der Waals surface area contributed by atoms with Crippen LogP contribution in [0.25, 0.3) is 11.1 Å². The summed E-state index contributed by atoms with van der Waals surface area (Å²) in [5, 5.41) is 7.81. The summed E-state index contributed by atoms with van der Waals surface area (Å²) < 4.78 is 4.99. The van der Waals surface area contributed by atoms with Crippen LogP contribution in [0.2, 0.25) is 0 Å². The molecule has 0 bridgehead atoms. The lowest BCUT2D eigenvalue weighted by atomic mass is 10.3.